The molecule has 0 saturated carbocycles. The summed E-state index contributed by atoms with van der Waals surface area (Å²) in [5.41, 5.74) is 0. The maximum absolute atomic E-state index is 9.94. The average molecular weight is 196 g/mol. The van der Waals surface area contributed by atoms with E-state index in [4.69, 9.17) is 0 Å². The molecule has 0 heterocycles. The summed E-state index contributed by atoms with van der Waals surface area (Å²) in [6.45, 7) is 2.18. The molecule has 1 unspecified atom stereocenters. The summed E-state index contributed by atoms with van der Waals surface area (Å²) in [7, 11) is 0. The first-order valence-electron chi connectivity index (χ1n) is 5.26. The van der Waals surface area contributed by atoms with Crippen LogP contribution in [0.4, 0.5) is 0 Å². The summed E-state index contributed by atoms with van der Waals surface area (Å²) in [5, 5.41) is 9.29. The van der Waals surface area contributed by atoms with Gasteiger partial charge < -0.3 is 5.11 Å². The molecule has 0 fully saturated rings. The van der Waals surface area contributed by atoms with Crippen molar-refractivity contribution in [2.45, 2.75) is 45.1 Å². The second-order valence-corrected chi connectivity index (χ2v) is 3.29. The van der Waals surface area contributed by atoms with Crippen LogP contribution in [-0.2, 0) is 4.79 Å². The molecule has 0 aliphatic carbocycles. The van der Waals surface area contributed by atoms with Crippen LogP contribution in [0.5, 0.6) is 0 Å². The third-order valence-electron chi connectivity index (χ3n) is 1.93. The van der Waals surface area contributed by atoms with E-state index in [0.29, 0.717) is 12.7 Å². The second-order valence-electron chi connectivity index (χ2n) is 3.29. The second kappa shape index (κ2) is 10.2. The van der Waals surface area contributed by atoms with Gasteiger partial charge in [-0.15, -0.1) is 0 Å². The Bertz CT molecular complexity index is 183. The van der Waals surface area contributed by atoms with Gasteiger partial charge in [0, 0.05) is 0 Å². The maximum Gasteiger partial charge on any atom is 0.142 e. The largest absolute Gasteiger partial charge is 0.389 e. The van der Waals surface area contributed by atoms with E-state index in [1.54, 1.807) is 0 Å². The van der Waals surface area contributed by atoms with Gasteiger partial charge in [-0.3, -0.25) is 4.79 Å². The summed E-state index contributed by atoms with van der Waals surface area (Å²) in [6, 6.07) is 0. The zero-order valence-corrected chi connectivity index (χ0v) is 8.86. The molecular weight excluding hydrogens is 176 g/mol. The van der Waals surface area contributed by atoms with Gasteiger partial charge in [0.15, 0.2) is 0 Å². The smallest absolute Gasteiger partial charge is 0.142 e. The summed E-state index contributed by atoms with van der Waals surface area (Å²) in [6.07, 6.45) is 12.4. The van der Waals surface area contributed by atoms with Gasteiger partial charge in [-0.1, -0.05) is 38.0 Å². The van der Waals surface area contributed by atoms with Crippen LogP contribution in [0.1, 0.15) is 39.0 Å². The van der Waals surface area contributed by atoms with Crippen molar-refractivity contribution in [2.24, 2.45) is 0 Å². The van der Waals surface area contributed by atoms with Crippen LogP contribution in [0, 0.1) is 0 Å². The first-order chi connectivity index (χ1) is 6.81. The third-order valence-corrected chi connectivity index (χ3v) is 1.93. The summed E-state index contributed by atoms with van der Waals surface area (Å²) in [5.74, 6) is 0. The fourth-order valence-electron chi connectivity index (χ4n) is 1.12. The molecule has 0 radical (unpaired) electrons. The topological polar surface area (TPSA) is 37.3 Å². The number of unbranched alkanes of at least 4 members (excludes halogenated alkanes) is 3. The van der Waals surface area contributed by atoms with E-state index in [-0.39, 0.29) is 0 Å². The lowest BCUT2D eigenvalue weighted by Gasteiger charge is -1.98. The van der Waals surface area contributed by atoms with Crippen LogP contribution >= 0.6 is 0 Å². The van der Waals surface area contributed by atoms with Gasteiger partial charge in [0.05, 0.1) is 6.10 Å². The molecule has 14 heavy (non-hydrogen) atoms. The Morgan fingerprint density at radius 1 is 1.29 bits per heavy atom. The van der Waals surface area contributed by atoms with E-state index in [0.717, 1.165) is 6.42 Å². The van der Waals surface area contributed by atoms with E-state index in [1.165, 1.54) is 31.4 Å². The first kappa shape index (κ1) is 13.1. The lowest BCUT2D eigenvalue weighted by atomic mass is 10.1. The quantitative estimate of drug-likeness (QED) is 0.280. The van der Waals surface area contributed by atoms with Crippen molar-refractivity contribution >= 4 is 6.29 Å². The fourth-order valence-corrected chi connectivity index (χ4v) is 1.12. The number of carbonyl (C=O) groups excluding carboxylic acids is 1. The van der Waals surface area contributed by atoms with Crippen molar-refractivity contribution in [3.63, 3.8) is 0 Å². The van der Waals surface area contributed by atoms with Crippen LogP contribution in [-0.4, -0.2) is 17.5 Å². The summed E-state index contributed by atoms with van der Waals surface area (Å²) >= 11 is 0. The van der Waals surface area contributed by atoms with Gasteiger partial charge in [0.1, 0.15) is 6.29 Å². The summed E-state index contributed by atoms with van der Waals surface area (Å²) < 4.78 is 0. The number of allylic oxidation sites excluding steroid dienone is 2. The minimum atomic E-state index is -0.525. The summed E-state index contributed by atoms with van der Waals surface area (Å²) in [4.78, 5) is 9.94. The van der Waals surface area contributed by atoms with Crippen LogP contribution in [0.15, 0.2) is 24.3 Å². The molecule has 1 N–H and O–H groups in total. The van der Waals surface area contributed by atoms with Gasteiger partial charge in [-0.25, -0.2) is 0 Å². The van der Waals surface area contributed by atoms with Gasteiger partial charge in [-0.2, -0.15) is 0 Å². The zero-order chi connectivity index (χ0) is 10.6. The first-order valence-corrected chi connectivity index (χ1v) is 5.26. The van der Waals surface area contributed by atoms with E-state index < -0.39 is 6.10 Å². The normalized spacial score (nSPS) is 13.9. The Labute approximate surface area is 86.3 Å². The lowest BCUT2D eigenvalue weighted by Crippen LogP contribution is -1.99. The molecule has 1 atom stereocenters. The molecule has 0 aromatic carbocycles. The molecule has 80 valence electrons. The Hall–Kier alpha value is -0.890. The number of aliphatic hydroxyl groups is 1. The van der Waals surface area contributed by atoms with Crippen molar-refractivity contribution in [2.75, 3.05) is 0 Å². The third kappa shape index (κ3) is 9.20. The number of carbonyl (C=O) groups is 1. The molecule has 0 aromatic heterocycles. The highest BCUT2D eigenvalue weighted by atomic mass is 16.3. The standard InChI is InChI=1S/C12H20O2/c1-2-3-4-5-6-7-9-12(14)10-8-11-13/h6-8,10-12,14H,2-5,9H2,1H3. The van der Waals surface area contributed by atoms with Gasteiger partial charge in [0.2, 0.25) is 0 Å². The number of rotatable bonds is 8. The SMILES string of the molecule is CCCCCC=CCC(O)C=CC=O. The van der Waals surface area contributed by atoms with Crippen LogP contribution in [0.2, 0.25) is 0 Å². The monoisotopic (exact) mass is 196 g/mol. The lowest BCUT2D eigenvalue weighted by molar-refractivity contribution is -0.104. The van der Waals surface area contributed by atoms with Crippen LogP contribution < -0.4 is 0 Å². The van der Waals surface area contributed by atoms with Crippen molar-refractivity contribution in [3.8, 4) is 0 Å². The predicted molar refractivity (Wildman–Crippen MR) is 59.1 cm³/mol. The highest BCUT2D eigenvalue weighted by molar-refractivity contribution is 5.64. The van der Waals surface area contributed by atoms with Crippen molar-refractivity contribution in [3.05, 3.63) is 24.3 Å². The number of aliphatic hydroxyl groups excluding tert-OH is 1. The van der Waals surface area contributed by atoms with E-state index in [1.807, 2.05) is 6.08 Å². The Morgan fingerprint density at radius 3 is 2.71 bits per heavy atom. The molecule has 0 aliphatic rings. The Kier molecular flexibility index (Phi) is 9.54. The predicted octanol–water partition coefficient (Wildman–Crippen LogP) is 2.63. The number of hydrogen-bond acceptors (Lipinski definition) is 2. The van der Waals surface area contributed by atoms with Gasteiger partial charge in [-0.05, 0) is 25.3 Å². The van der Waals surface area contributed by atoms with Gasteiger partial charge >= 0.3 is 0 Å². The highest BCUT2D eigenvalue weighted by Gasteiger charge is 1.93. The average Bonchev–Trinajstić information content (AvgIpc) is 2.20. The molecule has 0 bridgehead atoms. The highest BCUT2D eigenvalue weighted by Crippen LogP contribution is 2.01. The molecule has 0 aromatic rings. The fraction of sp³-hybridized carbons (Fsp3) is 0.583. The van der Waals surface area contributed by atoms with Crippen molar-refractivity contribution in [1.29, 1.82) is 0 Å². The van der Waals surface area contributed by atoms with E-state index >= 15 is 0 Å². The van der Waals surface area contributed by atoms with E-state index in [9.17, 15) is 9.90 Å². The minimum absolute atomic E-state index is 0.525. The van der Waals surface area contributed by atoms with Crippen LogP contribution in [0.25, 0.3) is 0 Å². The van der Waals surface area contributed by atoms with Crippen LogP contribution in [0.3, 0.4) is 0 Å². The Balaban J connectivity index is 3.40. The molecule has 0 aliphatic heterocycles. The molecule has 2 nitrogen and oxygen atoms in total. The number of hydrogen-bond donors (Lipinski definition) is 1. The molecule has 2 heteroatoms. The minimum Gasteiger partial charge on any atom is -0.389 e. The maximum atomic E-state index is 9.94. The molecule has 0 rings (SSSR count). The van der Waals surface area contributed by atoms with Crippen molar-refractivity contribution < 1.29 is 9.90 Å². The number of aldehydes is 1. The molecule has 0 amide bonds. The molecule has 0 spiro atoms. The van der Waals surface area contributed by atoms with Crippen molar-refractivity contribution in [1.82, 2.24) is 0 Å². The van der Waals surface area contributed by atoms with Gasteiger partial charge in [0.25, 0.3) is 0 Å². The van der Waals surface area contributed by atoms with E-state index in [2.05, 4.69) is 13.0 Å². The zero-order valence-electron chi connectivity index (χ0n) is 8.86. The molecular formula is C12H20O2. The molecule has 0 saturated heterocycles. The Morgan fingerprint density at radius 2 is 2.07 bits per heavy atom.